The van der Waals surface area contributed by atoms with E-state index in [1.54, 1.807) is 11.8 Å². The molecule has 2 N–H and O–H groups in total. The molecule has 96 valence electrons. The second kappa shape index (κ2) is 5.82. The molecule has 4 nitrogen and oxygen atoms in total. The van der Waals surface area contributed by atoms with Gasteiger partial charge in [-0.05, 0) is 32.0 Å². The van der Waals surface area contributed by atoms with Gasteiger partial charge in [-0.2, -0.15) is 0 Å². The average Bonchev–Trinajstić information content (AvgIpc) is 2.76. The molecule has 0 aliphatic carbocycles. The number of nitrogens with zero attached hydrogens (tertiary/aromatic N) is 1. The van der Waals surface area contributed by atoms with Gasteiger partial charge >= 0.3 is 0 Å². The van der Waals surface area contributed by atoms with Gasteiger partial charge in [0.1, 0.15) is 11.5 Å². The molecule has 18 heavy (non-hydrogen) atoms. The van der Waals surface area contributed by atoms with Crippen molar-refractivity contribution in [3.63, 3.8) is 0 Å². The SMILES string of the molecule is CCOc1ccc(N)c(SCc2cc(C)no2)c1. The van der Waals surface area contributed by atoms with Gasteiger partial charge in [-0.1, -0.05) is 5.16 Å². The van der Waals surface area contributed by atoms with E-state index in [1.165, 1.54) is 0 Å². The molecule has 5 heteroatoms. The number of nitrogens with two attached hydrogens (primary N) is 1. The number of aromatic nitrogens is 1. The van der Waals surface area contributed by atoms with Gasteiger partial charge in [-0.25, -0.2) is 0 Å². The topological polar surface area (TPSA) is 61.3 Å². The fourth-order valence-electron chi connectivity index (χ4n) is 1.53. The largest absolute Gasteiger partial charge is 0.494 e. The Morgan fingerprint density at radius 2 is 2.22 bits per heavy atom. The molecule has 0 fully saturated rings. The maximum atomic E-state index is 5.93. The van der Waals surface area contributed by atoms with Crippen LogP contribution in [0.2, 0.25) is 0 Å². The molecule has 0 aliphatic rings. The maximum absolute atomic E-state index is 5.93. The molecule has 0 saturated carbocycles. The van der Waals surface area contributed by atoms with E-state index in [0.29, 0.717) is 12.4 Å². The third kappa shape index (κ3) is 3.20. The van der Waals surface area contributed by atoms with Gasteiger partial charge in [0.15, 0.2) is 0 Å². The van der Waals surface area contributed by atoms with Crippen molar-refractivity contribution < 1.29 is 9.26 Å². The standard InChI is InChI=1S/C13H16N2O2S/c1-3-16-10-4-5-12(14)13(7-10)18-8-11-6-9(2)15-17-11/h4-7H,3,8,14H2,1-2H3. The molecule has 0 spiro atoms. The van der Waals surface area contributed by atoms with E-state index in [2.05, 4.69) is 5.16 Å². The van der Waals surface area contributed by atoms with E-state index in [4.69, 9.17) is 15.0 Å². The predicted octanol–water partition coefficient (Wildman–Crippen LogP) is 3.26. The Balaban J connectivity index is 2.05. The number of anilines is 1. The highest BCUT2D eigenvalue weighted by atomic mass is 32.2. The average molecular weight is 264 g/mol. The minimum Gasteiger partial charge on any atom is -0.494 e. The van der Waals surface area contributed by atoms with Crippen LogP contribution in [0.15, 0.2) is 33.7 Å². The normalized spacial score (nSPS) is 10.6. The molecule has 0 unspecified atom stereocenters. The van der Waals surface area contributed by atoms with Crippen molar-refractivity contribution in [2.75, 3.05) is 12.3 Å². The number of nitrogen functional groups attached to an aromatic ring is 1. The molecule has 1 aromatic heterocycles. The number of ether oxygens (including phenoxy) is 1. The summed E-state index contributed by atoms with van der Waals surface area (Å²) in [5.41, 5.74) is 7.57. The fraction of sp³-hybridized carbons (Fsp3) is 0.308. The molecule has 0 radical (unpaired) electrons. The molecular formula is C13H16N2O2S. The highest BCUT2D eigenvalue weighted by Gasteiger charge is 2.06. The monoisotopic (exact) mass is 264 g/mol. The minimum atomic E-state index is 0.648. The molecule has 2 rings (SSSR count). The quantitative estimate of drug-likeness (QED) is 0.663. The summed E-state index contributed by atoms with van der Waals surface area (Å²) >= 11 is 1.61. The van der Waals surface area contributed by atoms with Crippen LogP contribution in [0.4, 0.5) is 5.69 Å². The van der Waals surface area contributed by atoms with Crippen molar-refractivity contribution in [3.8, 4) is 5.75 Å². The predicted molar refractivity (Wildman–Crippen MR) is 72.8 cm³/mol. The zero-order valence-electron chi connectivity index (χ0n) is 10.5. The van der Waals surface area contributed by atoms with Crippen molar-refractivity contribution in [2.24, 2.45) is 0 Å². The number of hydrogen-bond acceptors (Lipinski definition) is 5. The van der Waals surface area contributed by atoms with Crippen LogP contribution >= 0.6 is 11.8 Å². The zero-order valence-corrected chi connectivity index (χ0v) is 11.3. The van der Waals surface area contributed by atoms with Gasteiger partial charge in [0.25, 0.3) is 0 Å². The summed E-state index contributed by atoms with van der Waals surface area (Å²) in [4.78, 5) is 0.995. The lowest BCUT2D eigenvalue weighted by molar-refractivity contribution is 0.339. The molecule has 1 heterocycles. The molecule has 0 bridgehead atoms. The molecule has 1 aromatic carbocycles. The first-order valence-corrected chi connectivity index (χ1v) is 6.75. The van der Waals surface area contributed by atoms with Gasteiger partial charge in [-0.15, -0.1) is 11.8 Å². The van der Waals surface area contributed by atoms with Crippen LogP contribution in [0, 0.1) is 6.92 Å². The third-order valence-corrected chi connectivity index (χ3v) is 3.44. The molecule has 2 aromatic rings. The Bertz CT molecular complexity index is 525. The number of thioether (sulfide) groups is 1. The summed E-state index contributed by atoms with van der Waals surface area (Å²) in [6, 6.07) is 7.61. The first-order valence-electron chi connectivity index (χ1n) is 5.76. The Kier molecular flexibility index (Phi) is 4.15. The second-order valence-electron chi connectivity index (χ2n) is 3.86. The van der Waals surface area contributed by atoms with E-state index in [9.17, 15) is 0 Å². The maximum Gasteiger partial charge on any atom is 0.147 e. The van der Waals surface area contributed by atoms with Crippen LogP contribution in [-0.2, 0) is 5.75 Å². The number of rotatable bonds is 5. The van der Waals surface area contributed by atoms with Crippen molar-refractivity contribution in [2.45, 2.75) is 24.5 Å². The summed E-state index contributed by atoms with van der Waals surface area (Å²) in [7, 11) is 0. The van der Waals surface area contributed by atoms with E-state index < -0.39 is 0 Å². The molecule has 0 aliphatic heterocycles. The summed E-state index contributed by atoms with van der Waals surface area (Å²) in [6.45, 7) is 4.51. The summed E-state index contributed by atoms with van der Waals surface area (Å²) in [5, 5.41) is 3.85. The molecule has 0 atom stereocenters. The van der Waals surface area contributed by atoms with Crippen LogP contribution in [-0.4, -0.2) is 11.8 Å². The van der Waals surface area contributed by atoms with E-state index in [1.807, 2.05) is 38.1 Å². The van der Waals surface area contributed by atoms with Crippen molar-refractivity contribution in [1.29, 1.82) is 0 Å². The van der Waals surface area contributed by atoms with Crippen molar-refractivity contribution >= 4 is 17.4 Å². The van der Waals surface area contributed by atoms with Crippen molar-refractivity contribution in [1.82, 2.24) is 5.16 Å². The van der Waals surface area contributed by atoms with E-state index in [-0.39, 0.29) is 0 Å². The smallest absolute Gasteiger partial charge is 0.147 e. The number of benzene rings is 1. The van der Waals surface area contributed by atoms with Gasteiger partial charge in [-0.3, -0.25) is 0 Å². The Morgan fingerprint density at radius 1 is 1.39 bits per heavy atom. The lowest BCUT2D eigenvalue weighted by Gasteiger charge is -2.08. The zero-order chi connectivity index (χ0) is 13.0. The third-order valence-electron chi connectivity index (χ3n) is 2.34. The van der Waals surface area contributed by atoms with Crippen LogP contribution < -0.4 is 10.5 Å². The Morgan fingerprint density at radius 3 is 2.89 bits per heavy atom. The van der Waals surface area contributed by atoms with Gasteiger partial charge in [0.2, 0.25) is 0 Å². The van der Waals surface area contributed by atoms with Crippen LogP contribution in [0.5, 0.6) is 5.75 Å². The molecule has 0 amide bonds. The summed E-state index contributed by atoms with van der Waals surface area (Å²) in [6.07, 6.45) is 0. The van der Waals surface area contributed by atoms with Crippen LogP contribution in [0.1, 0.15) is 18.4 Å². The number of hydrogen-bond donors (Lipinski definition) is 1. The summed E-state index contributed by atoms with van der Waals surface area (Å²) in [5.74, 6) is 2.39. The van der Waals surface area contributed by atoms with Gasteiger partial charge < -0.3 is 15.0 Å². The van der Waals surface area contributed by atoms with Crippen molar-refractivity contribution in [3.05, 3.63) is 35.7 Å². The van der Waals surface area contributed by atoms with Crippen LogP contribution in [0.25, 0.3) is 0 Å². The Labute approximate surface area is 110 Å². The van der Waals surface area contributed by atoms with E-state index >= 15 is 0 Å². The van der Waals surface area contributed by atoms with E-state index in [0.717, 1.165) is 27.8 Å². The molecular weight excluding hydrogens is 248 g/mol. The first kappa shape index (κ1) is 12.8. The minimum absolute atomic E-state index is 0.648. The highest BCUT2D eigenvalue weighted by Crippen LogP contribution is 2.31. The first-order chi connectivity index (χ1) is 8.69. The lowest BCUT2D eigenvalue weighted by atomic mass is 10.3. The van der Waals surface area contributed by atoms with Gasteiger partial charge in [0, 0.05) is 16.6 Å². The highest BCUT2D eigenvalue weighted by molar-refractivity contribution is 7.98. The number of aryl methyl sites for hydroxylation is 1. The van der Waals surface area contributed by atoms with Gasteiger partial charge in [0.05, 0.1) is 18.1 Å². The van der Waals surface area contributed by atoms with Crippen LogP contribution in [0.3, 0.4) is 0 Å². The lowest BCUT2D eigenvalue weighted by Crippen LogP contribution is -1.94. The second-order valence-corrected chi connectivity index (χ2v) is 4.87. The fourth-order valence-corrected chi connectivity index (χ4v) is 2.40. The molecule has 0 saturated heterocycles. The Hall–Kier alpha value is -1.62. The summed E-state index contributed by atoms with van der Waals surface area (Å²) < 4.78 is 10.6.